The van der Waals surface area contributed by atoms with E-state index < -0.39 is 0 Å². The van der Waals surface area contributed by atoms with Crippen molar-refractivity contribution in [2.75, 3.05) is 21.3 Å². The number of pyridine rings is 1. The molecule has 1 radical (unpaired) electrons. The van der Waals surface area contributed by atoms with Gasteiger partial charge in [0.25, 0.3) is 0 Å². The molecule has 5 heteroatoms. The summed E-state index contributed by atoms with van der Waals surface area (Å²) in [4.78, 5) is 4.29. The molecule has 1 aromatic carbocycles. The monoisotopic (exact) mass is 347 g/mol. The third-order valence-corrected chi connectivity index (χ3v) is 2.56. The summed E-state index contributed by atoms with van der Waals surface area (Å²) in [6.07, 6.45) is 1.69. The van der Waals surface area contributed by atoms with Gasteiger partial charge in [-0.3, -0.25) is 0 Å². The van der Waals surface area contributed by atoms with Gasteiger partial charge in [-0.05, 0) is 17.8 Å². The van der Waals surface area contributed by atoms with Gasteiger partial charge in [0.05, 0.1) is 21.3 Å². The van der Waals surface area contributed by atoms with Crippen molar-refractivity contribution >= 4 is 0 Å². The number of methoxy groups -OCH3 is 3. The summed E-state index contributed by atoms with van der Waals surface area (Å²) >= 11 is 0. The Balaban J connectivity index is 0.00000180. The quantitative estimate of drug-likeness (QED) is 0.630. The molecule has 103 valence electrons. The van der Waals surface area contributed by atoms with E-state index in [4.69, 9.17) is 14.2 Å². The van der Waals surface area contributed by atoms with E-state index in [1.54, 1.807) is 45.7 Å². The predicted octanol–water partition coefficient (Wildman–Crippen LogP) is 2.57. The first-order chi connectivity index (χ1) is 8.78. The molecule has 0 N–H and O–H groups in total. The molecule has 2 aromatic rings. The van der Waals surface area contributed by atoms with E-state index in [1.807, 2.05) is 6.07 Å². The van der Waals surface area contributed by atoms with Crippen LogP contribution in [0.25, 0.3) is 11.3 Å². The van der Waals surface area contributed by atoms with Gasteiger partial charge in [0.2, 0.25) is 0 Å². The minimum Gasteiger partial charge on any atom is -0.540 e. The smallest absolute Gasteiger partial charge is 0.113 e. The number of ether oxygens (including phenoxy) is 3. The van der Waals surface area contributed by atoms with Crippen LogP contribution in [0.3, 0.4) is 0 Å². The zero-order chi connectivity index (χ0) is 13.0. The molecule has 0 saturated heterocycles. The van der Waals surface area contributed by atoms with Crippen LogP contribution in [0.4, 0.5) is 0 Å². The van der Waals surface area contributed by atoms with Crippen LogP contribution >= 0.6 is 0 Å². The largest absolute Gasteiger partial charge is 0.540 e. The third-order valence-electron chi connectivity index (χ3n) is 2.56. The van der Waals surface area contributed by atoms with Crippen LogP contribution in [0.2, 0.25) is 0 Å². The van der Waals surface area contributed by atoms with Crippen molar-refractivity contribution in [3.05, 3.63) is 36.5 Å². The van der Waals surface area contributed by atoms with E-state index >= 15 is 0 Å². The van der Waals surface area contributed by atoms with Gasteiger partial charge in [-0.1, -0.05) is 11.6 Å². The zero-order valence-electron chi connectivity index (χ0n) is 10.9. The summed E-state index contributed by atoms with van der Waals surface area (Å²) < 4.78 is 15.6. The van der Waals surface area contributed by atoms with Gasteiger partial charge in [-0.15, -0.1) is 12.1 Å². The summed E-state index contributed by atoms with van der Waals surface area (Å²) in [7, 11) is 4.83. The number of hydrogen-bond donors (Lipinski definition) is 0. The van der Waals surface area contributed by atoms with Crippen molar-refractivity contribution < 1.29 is 33.7 Å². The van der Waals surface area contributed by atoms with Crippen molar-refractivity contribution in [3.63, 3.8) is 0 Å². The number of nitrogens with zero attached hydrogens (tertiary/aromatic N) is 1. The van der Waals surface area contributed by atoms with Gasteiger partial charge in [0.15, 0.2) is 0 Å². The number of aromatic nitrogens is 1. The van der Waals surface area contributed by atoms with E-state index in [1.165, 1.54) is 0 Å². The van der Waals surface area contributed by atoms with Crippen LogP contribution in [0.15, 0.2) is 30.5 Å². The summed E-state index contributed by atoms with van der Waals surface area (Å²) in [5.74, 6) is 2.10. The van der Waals surface area contributed by atoms with Crippen LogP contribution in [-0.4, -0.2) is 26.3 Å². The summed E-state index contributed by atoms with van der Waals surface area (Å²) in [6.45, 7) is 0. The molecule has 0 unspecified atom stereocenters. The molecule has 0 aliphatic carbocycles. The Morgan fingerprint density at radius 3 is 2.37 bits per heavy atom. The maximum atomic E-state index is 5.32. The summed E-state index contributed by atoms with van der Waals surface area (Å²) in [5, 5.41) is 0. The molecule has 0 aliphatic rings. The van der Waals surface area contributed by atoms with E-state index in [9.17, 15) is 0 Å². The second-order valence-corrected chi connectivity index (χ2v) is 3.56. The second kappa shape index (κ2) is 7.10. The maximum absolute atomic E-state index is 5.32. The third kappa shape index (κ3) is 3.45. The molecule has 1 heterocycles. The predicted molar refractivity (Wildman–Crippen MR) is 68.2 cm³/mol. The Morgan fingerprint density at radius 1 is 1.00 bits per heavy atom. The van der Waals surface area contributed by atoms with Crippen molar-refractivity contribution in [1.29, 1.82) is 0 Å². The topological polar surface area (TPSA) is 40.6 Å². The second-order valence-electron chi connectivity index (χ2n) is 3.56. The van der Waals surface area contributed by atoms with Crippen LogP contribution in [0.5, 0.6) is 17.2 Å². The zero-order valence-corrected chi connectivity index (χ0v) is 12.5. The van der Waals surface area contributed by atoms with Gasteiger partial charge in [0, 0.05) is 37.2 Å². The molecular formula is C14H14NO3Rh-. The first-order valence-corrected chi connectivity index (χ1v) is 5.42. The molecule has 1 aromatic heterocycles. The maximum Gasteiger partial charge on any atom is 0.113 e. The van der Waals surface area contributed by atoms with Gasteiger partial charge in [0.1, 0.15) is 5.75 Å². The Kier molecular flexibility index (Phi) is 5.77. The Bertz CT molecular complexity index is 546. The minimum absolute atomic E-state index is 0. The molecule has 0 saturated carbocycles. The molecule has 0 atom stereocenters. The Morgan fingerprint density at radius 2 is 1.74 bits per heavy atom. The molecule has 19 heavy (non-hydrogen) atoms. The van der Waals surface area contributed by atoms with Crippen molar-refractivity contribution in [1.82, 2.24) is 4.98 Å². The number of hydrogen-bond acceptors (Lipinski definition) is 4. The molecule has 4 nitrogen and oxygen atoms in total. The molecule has 0 spiro atoms. The van der Waals surface area contributed by atoms with Gasteiger partial charge >= 0.3 is 0 Å². The first-order valence-electron chi connectivity index (χ1n) is 5.42. The van der Waals surface area contributed by atoms with Gasteiger partial charge in [-0.2, -0.15) is 0 Å². The summed E-state index contributed by atoms with van der Waals surface area (Å²) in [6, 6.07) is 10.3. The van der Waals surface area contributed by atoms with E-state index in [-0.39, 0.29) is 19.5 Å². The van der Waals surface area contributed by atoms with Gasteiger partial charge in [-0.25, -0.2) is 0 Å². The Labute approximate surface area is 125 Å². The van der Waals surface area contributed by atoms with E-state index in [2.05, 4.69) is 11.1 Å². The molecule has 2 rings (SSSR count). The molecule has 0 fully saturated rings. The van der Waals surface area contributed by atoms with Crippen molar-refractivity contribution in [2.24, 2.45) is 0 Å². The van der Waals surface area contributed by atoms with Crippen LogP contribution in [-0.2, 0) is 19.5 Å². The van der Waals surface area contributed by atoms with E-state index in [0.717, 1.165) is 17.0 Å². The molecule has 0 aliphatic heterocycles. The average molecular weight is 347 g/mol. The fourth-order valence-electron chi connectivity index (χ4n) is 1.61. The van der Waals surface area contributed by atoms with E-state index in [0.29, 0.717) is 11.5 Å². The standard InChI is InChI=1S/C14H14NO3.Rh/c1-16-10-4-5-12(14(9-10)18-3)13-8-11(17-2)6-7-15-13;/h4,6-9H,1-3H3;/q-1;. The fraction of sp³-hybridized carbons (Fsp3) is 0.214. The van der Waals surface area contributed by atoms with Crippen LogP contribution < -0.4 is 14.2 Å². The SMILES string of the molecule is COc1ccnc(-c2[c-]cc(OC)cc2OC)c1.[Rh]. The van der Waals surface area contributed by atoms with Crippen LogP contribution in [0.1, 0.15) is 0 Å². The van der Waals surface area contributed by atoms with Crippen LogP contribution in [0, 0.1) is 6.07 Å². The minimum atomic E-state index is 0. The molecule has 0 bridgehead atoms. The molecular weight excluding hydrogens is 333 g/mol. The Hall–Kier alpha value is -1.61. The fourth-order valence-corrected chi connectivity index (χ4v) is 1.61. The first kappa shape index (κ1) is 15.5. The van der Waals surface area contributed by atoms with Gasteiger partial charge < -0.3 is 19.2 Å². The summed E-state index contributed by atoms with van der Waals surface area (Å²) in [5.41, 5.74) is 1.52. The molecule has 0 amide bonds. The number of benzene rings is 1. The normalized spacial score (nSPS) is 9.42. The van der Waals surface area contributed by atoms with Crippen molar-refractivity contribution in [3.8, 4) is 28.5 Å². The van der Waals surface area contributed by atoms with Crippen molar-refractivity contribution in [2.45, 2.75) is 0 Å². The number of rotatable bonds is 4. The average Bonchev–Trinajstić information content (AvgIpc) is 2.46.